The van der Waals surface area contributed by atoms with Crippen molar-refractivity contribution in [2.45, 2.75) is 12.8 Å². The van der Waals surface area contributed by atoms with Gasteiger partial charge in [-0.15, -0.1) is 11.6 Å². The van der Waals surface area contributed by atoms with E-state index in [1.165, 1.54) is 4.90 Å². The van der Waals surface area contributed by atoms with Gasteiger partial charge in [0.15, 0.2) is 0 Å². The maximum absolute atomic E-state index is 11.4. The number of likely N-dealkylation sites (N-methyl/N-ethyl adjacent to an activating group) is 1. The number of rotatable bonds is 4. The topological polar surface area (TPSA) is 40.6 Å². The van der Waals surface area contributed by atoms with E-state index in [1.54, 1.807) is 11.9 Å². The molecule has 2 amide bonds. The highest BCUT2D eigenvalue weighted by atomic mass is 35.5. The van der Waals surface area contributed by atoms with Crippen molar-refractivity contribution >= 4 is 23.4 Å². The van der Waals surface area contributed by atoms with E-state index in [2.05, 4.69) is 0 Å². The van der Waals surface area contributed by atoms with Crippen molar-refractivity contribution < 1.29 is 9.59 Å². The van der Waals surface area contributed by atoms with Gasteiger partial charge in [0.2, 0.25) is 11.8 Å². The zero-order valence-electron chi connectivity index (χ0n) is 8.33. The molecule has 1 saturated heterocycles. The molecule has 0 aromatic rings. The first-order valence-corrected chi connectivity index (χ1v) is 5.26. The normalized spacial score (nSPS) is 17.9. The second kappa shape index (κ2) is 5.20. The Morgan fingerprint density at radius 3 is 2.57 bits per heavy atom. The molecule has 1 aliphatic heterocycles. The second-order valence-electron chi connectivity index (χ2n) is 3.46. The van der Waals surface area contributed by atoms with E-state index in [1.807, 2.05) is 0 Å². The summed E-state index contributed by atoms with van der Waals surface area (Å²) in [6.45, 7) is 1.07. The number of carbonyl (C=O) groups excluding carboxylic acids is 2. The Bertz CT molecular complexity index is 233. The molecule has 0 N–H and O–H groups in total. The van der Waals surface area contributed by atoms with Crippen LogP contribution < -0.4 is 0 Å². The first-order valence-electron chi connectivity index (χ1n) is 4.73. The third-order valence-corrected chi connectivity index (χ3v) is 2.56. The molecule has 0 radical (unpaired) electrons. The van der Waals surface area contributed by atoms with E-state index in [4.69, 9.17) is 11.6 Å². The van der Waals surface area contributed by atoms with Crippen molar-refractivity contribution in [2.24, 2.45) is 0 Å². The Morgan fingerprint density at radius 2 is 1.93 bits per heavy atom. The van der Waals surface area contributed by atoms with Crippen molar-refractivity contribution in [1.82, 2.24) is 9.80 Å². The van der Waals surface area contributed by atoms with Gasteiger partial charge in [-0.1, -0.05) is 0 Å². The lowest BCUT2D eigenvalue weighted by Crippen LogP contribution is -2.52. The monoisotopic (exact) mass is 218 g/mol. The van der Waals surface area contributed by atoms with Crippen LogP contribution >= 0.6 is 11.6 Å². The lowest BCUT2D eigenvalue weighted by molar-refractivity contribution is -0.148. The summed E-state index contributed by atoms with van der Waals surface area (Å²) in [5.41, 5.74) is 0. The number of alkyl halides is 1. The van der Waals surface area contributed by atoms with E-state index in [0.717, 1.165) is 12.8 Å². The highest BCUT2D eigenvalue weighted by Crippen LogP contribution is 2.04. The van der Waals surface area contributed by atoms with E-state index in [-0.39, 0.29) is 24.9 Å². The Balaban J connectivity index is 2.37. The van der Waals surface area contributed by atoms with Gasteiger partial charge in [0.05, 0.1) is 13.1 Å². The van der Waals surface area contributed by atoms with Gasteiger partial charge < -0.3 is 9.80 Å². The lowest BCUT2D eigenvalue weighted by atomic mass is 10.2. The highest BCUT2D eigenvalue weighted by Gasteiger charge is 2.26. The average molecular weight is 219 g/mol. The summed E-state index contributed by atoms with van der Waals surface area (Å²) < 4.78 is 0. The number of nitrogens with zero attached hydrogens (tertiary/aromatic N) is 2. The zero-order chi connectivity index (χ0) is 10.6. The van der Waals surface area contributed by atoms with E-state index in [9.17, 15) is 9.59 Å². The van der Waals surface area contributed by atoms with Gasteiger partial charge >= 0.3 is 0 Å². The molecule has 0 unspecified atom stereocenters. The summed E-state index contributed by atoms with van der Waals surface area (Å²) >= 11 is 5.53. The molecule has 1 heterocycles. The quantitative estimate of drug-likeness (QED) is 0.503. The molecule has 0 atom stereocenters. The van der Waals surface area contributed by atoms with E-state index in [0.29, 0.717) is 12.4 Å². The fourth-order valence-electron chi connectivity index (χ4n) is 1.36. The van der Waals surface area contributed by atoms with E-state index >= 15 is 0 Å². The molecule has 4 nitrogen and oxygen atoms in total. The summed E-state index contributed by atoms with van der Waals surface area (Å²) in [5, 5.41) is 0. The molecular formula is C9H15ClN2O2. The first-order chi connectivity index (χ1) is 6.65. The molecule has 5 heteroatoms. The van der Waals surface area contributed by atoms with Crippen LogP contribution in [0.25, 0.3) is 0 Å². The van der Waals surface area contributed by atoms with Crippen LogP contribution in [0.2, 0.25) is 0 Å². The van der Waals surface area contributed by atoms with Crippen LogP contribution in [0.1, 0.15) is 12.8 Å². The minimum Gasteiger partial charge on any atom is -0.335 e. The molecular weight excluding hydrogens is 204 g/mol. The van der Waals surface area contributed by atoms with Crippen LogP contribution in [0.3, 0.4) is 0 Å². The van der Waals surface area contributed by atoms with Crippen molar-refractivity contribution in [2.75, 3.05) is 32.6 Å². The van der Waals surface area contributed by atoms with Crippen LogP contribution in [0, 0.1) is 0 Å². The number of unbranched alkanes of at least 4 members (excludes halogenated alkanes) is 1. The fraction of sp³-hybridized carbons (Fsp3) is 0.778. The second-order valence-corrected chi connectivity index (χ2v) is 3.84. The van der Waals surface area contributed by atoms with Crippen LogP contribution in [0.4, 0.5) is 0 Å². The standard InChI is InChI=1S/C9H15ClN2O2/c1-11-6-9(14)12(7-8(11)13)5-3-2-4-10/h2-7H2,1H3. The Labute approximate surface area is 88.8 Å². The molecule has 80 valence electrons. The summed E-state index contributed by atoms with van der Waals surface area (Å²) in [7, 11) is 1.65. The summed E-state index contributed by atoms with van der Waals surface area (Å²) in [5.74, 6) is 0.646. The van der Waals surface area contributed by atoms with Gasteiger partial charge in [-0.25, -0.2) is 0 Å². The van der Waals surface area contributed by atoms with Crippen molar-refractivity contribution in [1.29, 1.82) is 0 Å². The van der Waals surface area contributed by atoms with Gasteiger partial charge in [0.1, 0.15) is 0 Å². The third kappa shape index (κ3) is 2.87. The van der Waals surface area contributed by atoms with Gasteiger partial charge in [0, 0.05) is 19.5 Å². The van der Waals surface area contributed by atoms with Crippen LogP contribution in [-0.4, -0.2) is 54.2 Å². The molecule has 0 aliphatic carbocycles. The molecule has 0 bridgehead atoms. The molecule has 14 heavy (non-hydrogen) atoms. The predicted octanol–water partition coefficient (Wildman–Crippen LogP) is 0.306. The van der Waals surface area contributed by atoms with Gasteiger partial charge in [-0.05, 0) is 12.8 Å². The summed E-state index contributed by atoms with van der Waals surface area (Å²) in [6.07, 6.45) is 1.75. The molecule has 1 fully saturated rings. The Morgan fingerprint density at radius 1 is 1.21 bits per heavy atom. The summed E-state index contributed by atoms with van der Waals surface area (Å²) in [6, 6.07) is 0. The minimum absolute atomic E-state index is 0.00970. The first kappa shape index (κ1) is 11.3. The predicted molar refractivity (Wildman–Crippen MR) is 54.2 cm³/mol. The number of hydrogen-bond donors (Lipinski definition) is 0. The molecule has 0 aromatic carbocycles. The van der Waals surface area contributed by atoms with Crippen molar-refractivity contribution in [3.63, 3.8) is 0 Å². The van der Waals surface area contributed by atoms with Crippen LogP contribution in [-0.2, 0) is 9.59 Å². The van der Waals surface area contributed by atoms with Gasteiger partial charge in [0.25, 0.3) is 0 Å². The zero-order valence-corrected chi connectivity index (χ0v) is 9.09. The van der Waals surface area contributed by atoms with Crippen molar-refractivity contribution in [3.05, 3.63) is 0 Å². The third-order valence-electron chi connectivity index (χ3n) is 2.29. The number of hydrogen-bond acceptors (Lipinski definition) is 2. The Hall–Kier alpha value is -0.770. The molecule has 0 saturated carbocycles. The number of halogens is 1. The average Bonchev–Trinajstić information content (AvgIpc) is 2.14. The molecule has 0 spiro atoms. The van der Waals surface area contributed by atoms with Crippen LogP contribution in [0.5, 0.6) is 0 Å². The molecule has 1 aliphatic rings. The Kier molecular flexibility index (Phi) is 4.20. The fourth-order valence-corrected chi connectivity index (χ4v) is 1.55. The maximum Gasteiger partial charge on any atom is 0.242 e. The molecule has 1 rings (SSSR count). The maximum atomic E-state index is 11.4. The number of amides is 2. The SMILES string of the molecule is CN1CC(=O)N(CCCCCl)CC1=O. The molecule has 0 aromatic heterocycles. The summed E-state index contributed by atoms with van der Waals surface area (Å²) in [4.78, 5) is 25.8. The largest absolute Gasteiger partial charge is 0.335 e. The highest BCUT2D eigenvalue weighted by molar-refractivity contribution is 6.17. The van der Waals surface area contributed by atoms with Gasteiger partial charge in [-0.3, -0.25) is 9.59 Å². The minimum atomic E-state index is 0.00970. The smallest absolute Gasteiger partial charge is 0.242 e. The van der Waals surface area contributed by atoms with Crippen LogP contribution in [0.15, 0.2) is 0 Å². The lowest BCUT2D eigenvalue weighted by Gasteiger charge is -2.31. The van der Waals surface area contributed by atoms with Gasteiger partial charge in [-0.2, -0.15) is 0 Å². The number of carbonyl (C=O) groups is 2. The van der Waals surface area contributed by atoms with E-state index < -0.39 is 0 Å². The van der Waals surface area contributed by atoms with Crippen molar-refractivity contribution in [3.8, 4) is 0 Å². The number of piperazine rings is 1.